The summed E-state index contributed by atoms with van der Waals surface area (Å²) in [4.78, 5) is 22.2. The van der Waals surface area contributed by atoms with E-state index in [-0.39, 0.29) is 0 Å². The maximum absolute atomic E-state index is 11.6. The Kier molecular flexibility index (Phi) is 5.14. The van der Waals surface area contributed by atoms with E-state index in [2.05, 4.69) is 25.5 Å². The number of hydrazone groups is 1. The van der Waals surface area contributed by atoms with Gasteiger partial charge < -0.3 is 11.3 Å². The van der Waals surface area contributed by atoms with Gasteiger partial charge in [-0.2, -0.15) is 10.1 Å². The largest absolute Gasteiger partial charge is 0.349 e. The number of thioether (sulfide) groups is 1. The van der Waals surface area contributed by atoms with Gasteiger partial charge in [0.15, 0.2) is 5.16 Å². The summed E-state index contributed by atoms with van der Waals surface area (Å²) in [5.74, 6) is 11.4. The van der Waals surface area contributed by atoms with Crippen LogP contribution in [0.15, 0.2) is 39.3 Å². The monoisotopic (exact) mass is 325 g/mol. The average molecular weight is 326 g/mol. The number of rotatable bonds is 4. The molecule has 0 saturated carbocycles. The van der Waals surface area contributed by atoms with Gasteiger partial charge in [0.25, 0.3) is 0 Å². The predicted octanol–water partition coefficient (Wildman–Crippen LogP) is 0.313. The molecule has 0 spiro atoms. The van der Waals surface area contributed by atoms with Gasteiger partial charge in [-0.15, -0.1) is 0 Å². The molecular formula is C11H12ClN7OS. The third-order valence-corrected chi connectivity index (χ3v) is 3.52. The van der Waals surface area contributed by atoms with Crippen LogP contribution in [0.25, 0.3) is 11.4 Å². The molecule has 0 aliphatic rings. The second kappa shape index (κ2) is 7.07. The predicted molar refractivity (Wildman–Crippen MR) is 82.8 cm³/mol. The zero-order valence-corrected chi connectivity index (χ0v) is 12.3. The summed E-state index contributed by atoms with van der Waals surface area (Å²) in [7, 11) is 0. The van der Waals surface area contributed by atoms with Crippen LogP contribution >= 0.6 is 23.4 Å². The van der Waals surface area contributed by atoms with Crippen molar-refractivity contribution < 1.29 is 0 Å². The second-order valence-electron chi connectivity index (χ2n) is 3.80. The van der Waals surface area contributed by atoms with E-state index in [0.29, 0.717) is 27.6 Å². The van der Waals surface area contributed by atoms with Crippen LogP contribution < -0.4 is 22.8 Å². The molecule has 0 saturated heterocycles. The Balaban J connectivity index is 2.25. The second-order valence-corrected chi connectivity index (χ2v) is 5.18. The number of nitrogens with zero attached hydrogens (tertiary/aromatic N) is 3. The highest BCUT2D eigenvalue weighted by Gasteiger charge is 2.07. The summed E-state index contributed by atoms with van der Waals surface area (Å²) in [6.07, 6.45) is 0. The van der Waals surface area contributed by atoms with Crippen LogP contribution in [-0.2, 0) is 0 Å². The van der Waals surface area contributed by atoms with Gasteiger partial charge in [-0.3, -0.25) is 4.98 Å². The summed E-state index contributed by atoms with van der Waals surface area (Å²) < 4.78 is 0. The number of aromatic nitrogens is 3. The Labute approximate surface area is 129 Å². The highest BCUT2D eigenvalue weighted by atomic mass is 35.5. The van der Waals surface area contributed by atoms with Gasteiger partial charge in [0.2, 0.25) is 0 Å². The molecule has 2 rings (SSSR count). The van der Waals surface area contributed by atoms with Crippen LogP contribution in [-0.4, -0.2) is 26.5 Å². The van der Waals surface area contributed by atoms with Crippen LogP contribution in [0.5, 0.6) is 0 Å². The van der Waals surface area contributed by atoms with Crippen LogP contribution in [0.1, 0.15) is 0 Å². The molecule has 6 N–H and O–H groups in total. The normalized spacial score (nSPS) is 11.4. The minimum Gasteiger partial charge on any atom is -0.322 e. The number of nitrogens with one attached hydrogen (secondary N) is 2. The molecule has 21 heavy (non-hydrogen) atoms. The molecule has 8 nitrogen and oxygen atoms in total. The molecule has 0 atom stereocenters. The lowest BCUT2D eigenvalue weighted by Crippen LogP contribution is -2.33. The van der Waals surface area contributed by atoms with Crippen molar-refractivity contribution in [2.45, 2.75) is 5.16 Å². The van der Waals surface area contributed by atoms with Gasteiger partial charge in [0.05, 0.1) is 5.75 Å². The van der Waals surface area contributed by atoms with E-state index in [1.54, 1.807) is 24.3 Å². The Hall–Kier alpha value is -2.10. The van der Waals surface area contributed by atoms with Crippen LogP contribution in [0.3, 0.4) is 0 Å². The van der Waals surface area contributed by atoms with E-state index < -0.39 is 5.69 Å². The lowest BCUT2D eigenvalue weighted by molar-refractivity contribution is 0.870. The molecule has 2 aromatic rings. The molecule has 10 heteroatoms. The van der Waals surface area contributed by atoms with E-state index in [9.17, 15) is 4.79 Å². The lowest BCUT2D eigenvalue weighted by Gasteiger charge is -2.04. The average Bonchev–Trinajstić information content (AvgIpc) is 2.48. The molecule has 0 aliphatic carbocycles. The topological polar surface area (TPSA) is 135 Å². The first kappa shape index (κ1) is 15.3. The van der Waals surface area contributed by atoms with Crippen molar-refractivity contribution in [3.8, 4) is 11.4 Å². The summed E-state index contributed by atoms with van der Waals surface area (Å²) in [6, 6.07) is 6.93. The molecule has 110 valence electrons. The van der Waals surface area contributed by atoms with Crippen LogP contribution in [0.2, 0.25) is 5.02 Å². The summed E-state index contributed by atoms with van der Waals surface area (Å²) in [6.45, 7) is 0. The maximum atomic E-state index is 11.6. The fourth-order valence-electron chi connectivity index (χ4n) is 1.42. The quantitative estimate of drug-likeness (QED) is 0.209. The van der Waals surface area contributed by atoms with Crippen molar-refractivity contribution >= 4 is 29.2 Å². The zero-order valence-electron chi connectivity index (χ0n) is 10.7. The SMILES string of the molecule is N/N=C(/CSc1nc(-c2ccc(Cl)cc2)[nH]c(=O)n1)NN. The summed E-state index contributed by atoms with van der Waals surface area (Å²) in [5.41, 5.74) is 2.57. The first-order valence-electron chi connectivity index (χ1n) is 5.73. The Morgan fingerprint density at radius 1 is 1.38 bits per heavy atom. The molecule has 0 unspecified atom stereocenters. The minimum absolute atomic E-state index is 0.292. The highest BCUT2D eigenvalue weighted by Crippen LogP contribution is 2.19. The molecule has 0 bridgehead atoms. The lowest BCUT2D eigenvalue weighted by atomic mass is 10.2. The molecule has 1 heterocycles. The van der Waals surface area contributed by atoms with Crippen molar-refractivity contribution in [1.29, 1.82) is 0 Å². The molecule has 1 aromatic heterocycles. The van der Waals surface area contributed by atoms with E-state index in [1.807, 2.05) is 0 Å². The minimum atomic E-state index is -0.496. The highest BCUT2D eigenvalue weighted by molar-refractivity contribution is 7.99. The molecule has 0 aliphatic heterocycles. The number of hydrazine groups is 1. The van der Waals surface area contributed by atoms with Crippen molar-refractivity contribution in [1.82, 2.24) is 20.4 Å². The fraction of sp³-hybridized carbons (Fsp3) is 0.0909. The first-order valence-corrected chi connectivity index (χ1v) is 7.09. The zero-order chi connectivity index (χ0) is 15.2. The van der Waals surface area contributed by atoms with E-state index in [0.717, 1.165) is 5.56 Å². The summed E-state index contributed by atoms with van der Waals surface area (Å²) >= 11 is 7.01. The number of nitrogens with two attached hydrogens (primary N) is 2. The van der Waals surface area contributed by atoms with Gasteiger partial charge in [-0.05, 0) is 24.3 Å². The first-order chi connectivity index (χ1) is 10.1. The molecule has 1 aromatic carbocycles. The molecular weight excluding hydrogens is 314 g/mol. The number of benzene rings is 1. The number of hydrogen-bond acceptors (Lipinski definition) is 7. The van der Waals surface area contributed by atoms with E-state index in [4.69, 9.17) is 23.3 Å². The number of halogens is 1. The smallest absolute Gasteiger partial charge is 0.322 e. The maximum Gasteiger partial charge on any atom is 0.349 e. The number of hydrogen-bond donors (Lipinski definition) is 4. The Bertz CT molecular complexity index is 700. The van der Waals surface area contributed by atoms with Gasteiger partial charge >= 0.3 is 5.69 Å². The van der Waals surface area contributed by atoms with Gasteiger partial charge in [0.1, 0.15) is 11.7 Å². The van der Waals surface area contributed by atoms with E-state index in [1.165, 1.54) is 11.8 Å². The Morgan fingerprint density at radius 2 is 2.10 bits per heavy atom. The standard InChI is InChI=1S/C11H12ClN7OS/c12-7-3-1-6(2-4-7)9-15-10(20)17-11(16-9)21-5-8(18-13)19-14/h1-4H,5,13-14H2,(H,18,19)(H,15,16,17,20). The third-order valence-electron chi connectivity index (χ3n) is 2.41. The van der Waals surface area contributed by atoms with Crippen molar-refractivity contribution in [2.75, 3.05) is 5.75 Å². The van der Waals surface area contributed by atoms with E-state index >= 15 is 0 Å². The molecule has 0 radical (unpaired) electrons. The summed E-state index contributed by atoms with van der Waals surface area (Å²) in [5, 5.41) is 4.33. The Morgan fingerprint density at radius 3 is 2.71 bits per heavy atom. The number of H-pyrrole nitrogens is 1. The van der Waals surface area contributed by atoms with Gasteiger partial charge in [-0.25, -0.2) is 15.6 Å². The molecule has 0 amide bonds. The van der Waals surface area contributed by atoms with Crippen molar-refractivity contribution in [3.05, 3.63) is 39.8 Å². The van der Waals surface area contributed by atoms with Gasteiger partial charge in [-0.1, -0.05) is 23.4 Å². The van der Waals surface area contributed by atoms with Crippen LogP contribution in [0, 0.1) is 0 Å². The molecule has 0 fully saturated rings. The van der Waals surface area contributed by atoms with Crippen LogP contribution in [0.4, 0.5) is 0 Å². The number of aromatic amines is 1. The van der Waals surface area contributed by atoms with Crippen molar-refractivity contribution in [3.63, 3.8) is 0 Å². The fourth-order valence-corrected chi connectivity index (χ4v) is 2.28. The third kappa shape index (κ3) is 4.18. The van der Waals surface area contributed by atoms with Crippen molar-refractivity contribution in [2.24, 2.45) is 16.8 Å². The number of amidine groups is 1. The van der Waals surface area contributed by atoms with Gasteiger partial charge in [0, 0.05) is 10.6 Å².